The maximum Gasteiger partial charge on any atom is 0.407 e. The normalized spacial score (nSPS) is 16.2. The van der Waals surface area contributed by atoms with E-state index in [1.807, 2.05) is 27.7 Å². The van der Waals surface area contributed by atoms with Gasteiger partial charge in [-0.3, -0.25) is 4.79 Å². The molecule has 1 aliphatic carbocycles. The number of halogens is 1. The van der Waals surface area contributed by atoms with E-state index in [4.69, 9.17) is 21.1 Å². The Morgan fingerprint density at radius 2 is 1.78 bits per heavy atom. The van der Waals surface area contributed by atoms with Gasteiger partial charge in [0.2, 0.25) is 5.91 Å². The zero-order valence-electron chi connectivity index (χ0n) is 16.4. The van der Waals surface area contributed by atoms with Crippen molar-refractivity contribution >= 4 is 23.6 Å². The molecule has 1 aliphatic rings. The first-order chi connectivity index (χ1) is 12.6. The van der Waals surface area contributed by atoms with Gasteiger partial charge in [-0.15, -0.1) is 0 Å². The van der Waals surface area contributed by atoms with Crippen molar-refractivity contribution in [2.24, 2.45) is 5.92 Å². The zero-order valence-corrected chi connectivity index (χ0v) is 17.2. The minimum Gasteiger partial charge on any atom is -0.493 e. The summed E-state index contributed by atoms with van der Waals surface area (Å²) in [6.07, 6.45) is 1.83. The molecule has 150 valence electrons. The van der Waals surface area contributed by atoms with Crippen LogP contribution in [0.15, 0.2) is 24.3 Å². The fraction of sp³-hybridized carbons (Fsp3) is 0.600. The van der Waals surface area contributed by atoms with E-state index in [1.54, 1.807) is 24.3 Å². The molecule has 0 spiro atoms. The molecule has 2 N–H and O–H groups in total. The van der Waals surface area contributed by atoms with Crippen molar-refractivity contribution in [2.45, 2.75) is 58.1 Å². The van der Waals surface area contributed by atoms with Gasteiger partial charge >= 0.3 is 6.09 Å². The van der Waals surface area contributed by atoms with Gasteiger partial charge in [-0.2, -0.15) is 0 Å². The summed E-state index contributed by atoms with van der Waals surface area (Å²) in [5, 5.41) is 6.47. The molecule has 0 aliphatic heterocycles. The van der Waals surface area contributed by atoms with Crippen LogP contribution in [0.2, 0.25) is 5.02 Å². The molecule has 0 bridgehead atoms. The Balaban J connectivity index is 1.79. The first-order valence-electron chi connectivity index (χ1n) is 9.24. The number of hydrogen-bond acceptors (Lipinski definition) is 4. The topological polar surface area (TPSA) is 76.7 Å². The van der Waals surface area contributed by atoms with Crippen LogP contribution >= 0.6 is 11.6 Å². The molecule has 0 radical (unpaired) electrons. The lowest BCUT2D eigenvalue weighted by molar-refractivity contribution is -0.123. The Kier molecular flexibility index (Phi) is 6.98. The molecule has 6 nitrogen and oxygen atoms in total. The summed E-state index contributed by atoms with van der Waals surface area (Å²) in [6.45, 7) is 8.00. The molecule has 0 aromatic heterocycles. The molecule has 1 fully saturated rings. The van der Waals surface area contributed by atoms with E-state index in [1.165, 1.54) is 0 Å². The fourth-order valence-electron chi connectivity index (χ4n) is 2.75. The van der Waals surface area contributed by atoms with E-state index in [0.717, 1.165) is 12.8 Å². The van der Waals surface area contributed by atoms with Crippen LogP contribution in [-0.4, -0.2) is 36.3 Å². The minimum atomic E-state index is -0.553. The first-order valence-corrected chi connectivity index (χ1v) is 9.61. The van der Waals surface area contributed by atoms with Gasteiger partial charge in [0, 0.05) is 11.6 Å². The third kappa shape index (κ3) is 7.67. The van der Waals surface area contributed by atoms with Crippen LogP contribution in [0.4, 0.5) is 4.79 Å². The van der Waals surface area contributed by atoms with E-state index in [0.29, 0.717) is 23.2 Å². The van der Waals surface area contributed by atoms with Crippen LogP contribution in [0.5, 0.6) is 5.75 Å². The van der Waals surface area contributed by atoms with E-state index in [2.05, 4.69) is 10.6 Å². The fourth-order valence-corrected chi connectivity index (χ4v) is 2.88. The minimum absolute atomic E-state index is 0.107. The van der Waals surface area contributed by atoms with Gasteiger partial charge in [0.1, 0.15) is 11.4 Å². The second kappa shape index (κ2) is 8.83. The molecule has 27 heavy (non-hydrogen) atoms. The summed E-state index contributed by atoms with van der Waals surface area (Å²) in [5.74, 6) is 0.918. The van der Waals surface area contributed by atoms with Crippen molar-refractivity contribution in [1.82, 2.24) is 10.6 Å². The van der Waals surface area contributed by atoms with Gasteiger partial charge in [0.05, 0.1) is 18.6 Å². The Labute approximate surface area is 165 Å². The number of nitrogens with one attached hydrogen (secondary N) is 2. The van der Waals surface area contributed by atoms with Crippen LogP contribution in [0.1, 0.15) is 47.0 Å². The van der Waals surface area contributed by atoms with Crippen LogP contribution in [0.25, 0.3) is 0 Å². The largest absolute Gasteiger partial charge is 0.493 e. The van der Waals surface area contributed by atoms with E-state index in [9.17, 15) is 9.59 Å². The van der Waals surface area contributed by atoms with Crippen molar-refractivity contribution in [3.05, 3.63) is 29.3 Å². The predicted octanol–water partition coefficient (Wildman–Crippen LogP) is 3.92. The Morgan fingerprint density at radius 1 is 1.15 bits per heavy atom. The molecular weight excluding hydrogens is 368 g/mol. The molecule has 1 aromatic carbocycles. The Hall–Kier alpha value is -1.95. The summed E-state index contributed by atoms with van der Waals surface area (Å²) in [6, 6.07) is 7.01. The Morgan fingerprint density at radius 3 is 2.33 bits per heavy atom. The molecule has 1 saturated carbocycles. The van der Waals surface area contributed by atoms with Crippen molar-refractivity contribution in [3.8, 4) is 5.75 Å². The quantitative estimate of drug-likeness (QED) is 0.698. The lowest BCUT2D eigenvalue weighted by atomic mass is 9.95. The molecular formula is C20H29ClN2O4. The average molecular weight is 397 g/mol. The summed E-state index contributed by atoms with van der Waals surface area (Å²) in [7, 11) is 0. The van der Waals surface area contributed by atoms with Gasteiger partial charge in [-0.25, -0.2) is 4.79 Å². The molecule has 2 rings (SSSR count). The van der Waals surface area contributed by atoms with Gasteiger partial charge in [-0.05, 0) is 70.7 Å². The Bertz CT molecular complexity index is 653. The number of hydrogen-bond donors (Lipinski definition) is 2. The van der Waals surface area contributed by atoms with Crippen molar-refractivity contribution in [2.75, 3.05) is 13.2 Å². The van der Waals surface area contributed by atoms with Gasteiger partial charge in [0.25, 0.3) is 0 Å². The average Bonchev–Trinajstić information content (AvgIpc) is 3.39. The summed E-state index contributed by atoms with van der Waals surface area (Å²) in [5.41, 5.74) is -1.05. The molecule has 1 atom stereocenters. The molecule has 7 heteroatoms. The van der Waals surface area contributed by atoms with Crippen LogP contribution in [0.3, 0.4) is 0 Å². The summed E-state index contributed by atoms with van der Waals surface area (Å²) >= 11 is 5.83. The zero-order chi connectivity index (χ0) is 20.1. The SMILES string of the molecule is CC(C)(C)OC(=O)NCC(C)(NC(=O)CCOc1ccc(Cl)cc1)C1CC1. The lowest BCUT2D eigenvalue weighted by Gasteiger charge is -2.32. The van der Waals surface area contributed by atoms with Crippen molar-refractivity contribution < 1.29 is 19.1 Å². The summed E-state index contributed by atoms with van der Waals surface area (Å²) < 4.78 is 10.8. The number of ether oxygens (including phenoxy) is 2. The van der Waals surface area contributed by atoms with Crippen LogP contribution in [-0.2, 0) is 9.53 Å². The van der Waals surface area contributed by atoms with E-state index in [-0.39, 0.29) is 18.9 Å². The van der Waals surface area contributed by atoms with E-state index < -0.39 is 17.2 Å². The van der Waals surface area contributed by atoms with Gasteiger partial charge < -0.3 is 20.1 Å². The lowest BCUT2D eigenvalue weighted by Crippen LogP contribution is -2.55. The first kappa shape index (κ1) is 21.4. The highest BCUT2D eigenvalue weighted by atomic mass is 35.5. The van der Waals surface area contributed by atoms with Crippen LogP contribution in [0, 0.1) is 5.92 Å². The number of carbonyl (C=O) groups excluding carboxylic acids is 2. The highest BCUT2D eigenvalue weighted by molar-refractivity contribution is 6.30. The number of carbonyl (C=O) groups is 2. The highest BCUT2D eigenvalue weighted by Gasteiger charge is 2.42. The summed E-state index contributed by atoms with van der Waals surface area (Å²) in [4.78, 5) is 24.3. The second-order valence-electron chi connectivity index (χ2n) is 8.15. The molecule has 0 heterocycles. The van der Waals surface area contributed by atoms with Gasteiger partial charge in [0.15, 0.2) is 0 Å². The number of amides is 2. The third-order valence-electron chi connectivity index (χ3n) is 4.31. The smallest absolute Gasteiger partial charge is 0.407 e. The number of benzene rings is 1. The molecule has 2 amide bonds. The molecule has 1 unspecified atom stereocenters. The second-order valence-corrected chi connectivity index (χ2v) is 8.58. The number of alkyl carbamates (subject to hydrolysis) is 1. The number of rotatable bonds is 8. The maximum atomic E-state index is 12.4. The van der Waals surface area contributed by atoms with Crippen molar-refractivity contribution in [3.63, 3.8) is 0 Å². The molecule has 0 saturated heterocycles. The van der Waals surface area contributed by atoms with Gasteiger partial charge in [-0.1, -0.05) is 11.6 Å². The third-order valence-corrected chi connectivity index (χ3v) is 4.57. The van der Waals surface area contributed by atoms with Crippen molar-refractivity contribution in [1.29, 1.82) is 0 Å². The van der Waals surface area contributed by atoms with E-state index >= 15 is 0 Å². The standard InChI is InChI=1S/C20H29ClN2O4/c1-19(2,3)27-18(25)22-13-20(4,14-5-6-14)23-17(24)11-12-26-16-9-7-15(21)8-10-16/h7-10,14H,5-6,11-13H2,1-4H3,(H,22,25)(H,23,24). The maximum absolute atomic E-state index is 12.4. The predicted molar refractivity (Wildman–Crippen MR) is 105 cm³/mol. The molecule has 1 aromatic rings. The van der Waals surface area contributed by atoms with Crippen LogP contribution < -0.4 is 15.4 Å². The monoisotopic (exact) mass is 396 g/mol. The highest BCUT2D eigenvalue weighted by Crippen LogP contribution is 2.39.